The van der Waals surface area contributed by atoms with Crippen LogP contribution >= 0.6 is 0 Å². The quantitative estimate of drug-likeness (QED) is 0.677. The molecule has 0 amide bonds. The van der Waals surface area contributed by atoms with Gasteiger partial charge in [-0.15, -0.1) is 0 Å². The second-order valence-electron chi connectivity index (χ2n) is 7.80. The van der Waals surface area contributed by atoms with Gasteiger partial charge < -0.3 is 4.74 Å². The average molecular weight is 312 g/mol. The molecule has 3 heteroatoms. The molecule has 0 saturated carbocycles. The lowest BCUT2D eigenvalue weighted by atomic mass is 9.84. The molecule has 23 heavy (non-hydrogen) atoms. The summed E-state index contributed by atoms with van der Waals surface area (Å²) in [6, 6.07) is 0. The molecule has 1 spiro atoms. The van der Waals surface area contributed by atoms with Crippen LogP contribution in [0.25, 0.3) is 0 Å². The van der Waals surface area contributed by atoms with Gasteiger partial charge in [0, 0.05) is 18.4 Å². The van der Waals surface area contributed by atoms with Gasteiger partial charge in [-0.25, -0.2) is 0 Å². The molecule has 3 nitrogen and oxygen atoms in total. The van der Waals surface area contributed by atoms with Crippen LogP contribution in [0.3, 0.4) is 0 Å². The average Bonchev–Trinajstić information content (AvgIpc) is 2.88. The van der Waals surface area contributed by atoms with E-state index in [2.05, 4.69) is 26.8 Å². The fourth-order valence-corrected chi connectivity index (χ4v) is 3.70. The molecule has 3 rings (SSSR count). The standard InChI is InChI=1S/C20H24O3/c1-12-8-15-9-13(2)16(21)6-7-19(4,5)11-17-14(3)18(22)20(15,10-12)23-17/h6-9,12H,10-11H2,1-5H3/b7-6+,13-9?/t12-,20+/m0/s1. The summed E-state index contributed by atoms with van der Waals surface area (Å²) in [4.78, 5) is 25.3. The summed E-state index contributed by atoms with van der Waals surface area (Å²) in [6.07, 6.45) is 8.74. The van der Waals surface area contributed by atoms with Crippen molar-refractivity contribution in [2.24, 2.45) is 11.3 Å². The van der Waals surface area contributed by atoms with Crippen LogP contribution in [-0.4, -0.2) is 17.2 Å². The number of rotatable bonds is 0. The van der Waals surface area contributed by atoms with Crippen LogP contribution in [-0.2, 0) is 14.3 Å². The third-order valence-electron chi connectivity index (χ3n) is 5.03. The van der Waals surface area contributed by atoms with Crippen molar-refractivity contribution in [2.45, 2.75) is 53.1 Å². The van der Waals surface area contributed by atoms with E-state index in [-0.39, 0.29) is 22.9 Å². The van der Waals surface area contributed by atoms with E-state index in [0.717, 1.165) is 16.9 Å². The zero-order chi connectivity index (χ0) is 17.0. The number of hydrogen-bond acceptors (Lipinski definition) is 3. The molecule has 0 fully saturated rings. The smallest absolute Gasteiger partial charge is 0.210 e. The van der Waals surface area contributed by atoms with Crippen LogP contribution in [0.1, 0.15) is 47.5 Å². The molecule has 0 N–H and O–H groups in total. The van der Waals surface area contributed by atoms with Crippen molar-refractivity contribution in [1.82, 2.24) is 0 Å². The zero-order valence-corrected chi connectivity index (χ0v) is 14.5. The van der Waals surface area contributed by atoms with Gasteiger partial charge in [0.05, 0.1) is 0 Å². The fraction of sp³-hybridized carbons (Fsp3) is 0.500. The third-order valence-corrected chi connectivity index (χ3v) is 5.03. The number of hydrogen-bond donors (Lipinski definition) is 0. The summed E-state index contributed by atoms with van der Waals surface area (Å²) in [6.45, 7) is 9.86. The number of allylic oxidation sites excluding steroid dienone is 5. The Bertz CT molecular complexity index is 715. The third kappa shape index (κ3) is 2.52. The highest BCUT2D eigenvalue weighted by atomic mass is 16.5. The molecule has 0 saturated heterocycles. The minimum Gasteiger partial charge on any atom is -0.478 e. The Morgan fingerprint density at radius 1 is 1.22 bits per heavy atom. The highest BCUT2D eigenvalue weighted by molar-refractivity contribution is 6.08. The van der Waals surface area contributed by atoms with E-state index in [4.69, 9.17) is 4.74 Å². The molecule has 3 aliphatic rings. The van der Waals surface area contributed by atoms with Crippen molar-refractivity contribution in [3.63, 3.8) is 0 Å². The Morgan fingerprint density at radius 3 is 2.61 bits per heavy atom. The molecule has 2 aliphatic heterocycles. The van der Waals surface area contributed by atoms with Gasteiger partial charge in [0.15, 0.2) is 11.4 Å². The molecule has 0 aromatic carbocycles. The molecule has 122 valence electrons. The van der Waals surface area contributed by atoms with Crippen molar-refractivity contribution in [3.8, 4) is 0 Å². The number of ether oxygens (including phenoxy) is 1. The Labute approximate surface area is 137 Å². The van der Waals surface area contributed by atoms with Gasteiger partial charge in [-0.2, -0.15) is 0 Å². The first-order valence-electron chi connectivity index (χ1n) is 8.22. The zero-order valence-electron chi connectivity index (χ0n) is 14.5. The normalized spacial score (nSPS) is 34.4. The summed E-state index contributed by atoms with van der Waals surface area (Å²) < 4.78 is 6.29. The Kier molecular flexibility index (Phi) is 3.51. The van der Waals surface area contributed by atoms with E-state index in [1.165, 1.54) is 0 Å². The van der Waals surface area contributed by atoms with Gasteiger partial charge in [-0.05, 0) is 48.5 Å². The van der Waals surface area contributed by atoms with Crippen molar-refractivity contribution >= 4 is 11.6 Å². The second-order valence-corrected chi connectivity index (χ2v) is 7.80. The van der Waals surface area contributed by atoms with Crippen molar-refractivity contribution in [1.29, 1.82) is 0 Å². The molecular weight excluding hydrogens is 288 g/mol. The van der Waals surface area contributed by atoms with E-state index in [0.29, 0.717) is 18.4 Å². The highest BCUT2D eigenvalue weighted by Gasteiger charge is 2.53. The van der Waals surface area contributed by atoms with E-state index in [9.17, 15) is 9.59 Å². The van der Waals surface area contributed by atoms with Gasteiger partial charge in [0.1, 0.15) is 5.76 Å². The maximum absolute atomic E-state index is 13.0. The molecule has 2 heterocycles. The van der Waals surface area contributed by atoms with Gasteiger partial charge in [0.25, 0.3) is 0 Å². The maximum Gasteiger partial charge on any atom is 0.210 e. The molecule has 0 unspecified atom stereocenters. The maximum atomic E-state index is 13.0. The first-order valence-corrected chi connectivity index (χ1v) is 8.22. The minimum absolute atomic E-state index is 0.00963. The lowest BCUT2D eigenvalue weighted by Gasteiger charge is -2.28. The first kappa shape index (κ1) is 16.0. The van der Waals surface area contributed by atoms with Gasteiger partial charge in [-0.1, -0.05) is 32.9 Å². The van der Waals surface area contributed by atoms with Crippen LogP contribution in [0.15, 0.2) is 46.8 Å². The molecular formula is C20H24O3. The number of ketones is 2. The predicted molar refractivity (Wildman–Crippen MR) is 89.7 cm³/mol. The van der Waals surface area contributed by atoms with Gasteiger partial charge >= 0.3 is 0 Å². The lowest BCUT2D eigenvalue weighted by Crippen LogP contribution is -2.37. The fourth-order valence-electron chi connectivity index (χ4n) is 3.70. The van der Waals surface area contributed by atoms with Crippen LogP contribution in [0.4, 0.5) is 0 Å². The van der Waals surface area contributed by atoms with E-state index >= 15 is 0 Å². The second kappa shape index (κ2) is 5.05. The number of Topliss-reactive ketones (excluding diaryl/α,β-unsaturated/α-hetero) is 1. The number of fused-ring (bicyclic) bond motifs is 1. The SMILES string of the molecule is CC1=CC2=C[C@H](C)C[C@@]23OC(=C(C)C3=O)CC(C)(C)/C=C/C1=O. The van der Waals surface area contributed by atoms with Crippen molar-refractivity contribution < 1.29 is 14.3 Å². The molecule has 2 bridgehead atoms. The van der Waals surface area contributed by atoms with E-state index in [1.54, 1.807) is 13.0 Å². The van der Waals surface area contributed by atoms with Crippen LogP contribution in [0.5, 0.6) is 0 Å². The van der Waals surface area contributed by atoms with E-state index in [1.807, 2.05) is 19.1 Å². The summed E-state index contributed by atoms with van der Waals surface area (Å²) in [5, 5.41) is 0. The summed E-state index contributed by atoms with van der Waals surface area (Å²) >= 11 is 0. The molecule has 2 atom stereocenters. The number of carbonyl (C=O) groups is 2. The molecule has 0 radical (unpaired) electrons. The first-order chi connectivity index (χ1) is 10.6. The van der Waals surface area contributed by atoms with Crippen LogP contribution < -0.4 is 0 Å². The summed E-state index contributed by atoms with van der Waals surface area (Å²) in [5.74, 6) is 1.07. The van der Waals surface area contributed by atoms with E-state index < -0.39 is 5.60 Å². The van der Waals surface area contributed by atoms with Gasteiger partial charge in [-0.3, -0.25) is 9.59 Å². The highest BCUT2D eigenvalue weighted by Crippen LogP contribution is 2.48. The van der Waals surface area contributed by atoms with Gasteiger partial charge in [0.2, 0.25) is 5.78 Å². The Balaban J connectivity index is 2.17. The summed E-state index contributed by atoms with van der Waals surface area (Å²) in [5.41, 5.74) is 1.05. The number of carbonyl (C=O) groups excluding carboxylic acids is 2. The molecule has 0 aromatic rings. The summed E-state index contributed by atoms with van der Waals surface area (Å²) in [7, 11) is 0. The topological polar surface area (TPSA) is 43.4 Å². The largest absolute Gasteiger partial charge is 0.478 e. The predicted octanol–water partition coefficient (Wildman–Crippen LogP) is 4.07. The van der Waals surface area contributed by atoms with Crippen molar-refractivity contribution in [3.05, 3.63) is 46.8 Å². The Hall–Kier alpha value is -1.90. The monoisotopic (exact) mass is 312 g/mol. The van der Waals surface area contributed by atoms with Crippen molar-refractivity contribution in [2.75, 3.05) is 0 Å². The Morgan fingerprint density at radius 2 is 1.91 bits per heavy atom. The molecule has 0 aromatic heterocycles. The minimum atomic E-state index is -0.916. The van der Waals surface area contributed by atoms with Crippen LogP contribution in [0.2, 0.25) is 0 Å². The van der Waals surface area contributed by atoms with Crippen LogP contribution in [0, 0.1) is 11.3 Å². The lowest BCUT2D eigenvalue weighted by molar-refractivity contribution is -0.127. The molecule has 1 aliphatic carbocycles.